The second-order valence-electron chi connectivity index (χ2n) is 6.76. The Morgan fingerprint density at radius 3 is 2.48 bits per heavy atom. The Morgan fingerprint density at radius 1 is 1.19 bits per heavy atom. The number of benzene rings is 1. The van der Waals surface area contributed by atoms with Crippen molar-refractivity contribution in [2.45, 2.75) is 45.8 Å². The highest BCUT2D eigenvalue weighted by molar-refractivity contribution is 7.99. The molecular formula is C20H24N4O2S. The van der Waals surface area contributed by atoms with Gasteiger partial charge >= 0.3 is 0 Å². The van der Waals surface area contributed by atoms with Crippen LogP contribution in [0, 0.1) is 20.8 Å². The molecule has 27 heavy (non-hydrogen) atoms. The Balaban J connectivity index is 1.76. The number of thioether (sulfide) groups is 1. The average molecular weight is 385 g/mol. The first-order valence-corrected chi connectivity index (χ1v) is 9.85. The fraction of sp³-hybridized carbons (Fsp3) is 0.350. The van der Waals surface area contributed by atoms with E-state index in [1.807, 2.05) is 49.6 Å². The van der Waals surface area contributed by atoms with E-state index in [1.165, 1.54) is 11.8 Å². The van der Waals surface area contributed by atoms with Crippen LogP contribution >= 0.6 is 11.8 Å². The highest BCUT2D eigenvalue weighted by Gasteiger charge is 2.20. The zero-order valence-corrected chi connectivity index (χ0v) is 17.1. The van der Waals surface area contributed by atoms with Gasteiger partial charge in [0.2, 0.25) is 5.91 Å². The van der Waals surface area contributed by atoms with Gasteiger partial charge in [0.05, 0.1) is 17.6 Å². The van der Waals surface area contributed by atoms with Crippen LogP contribution in [0.2, 0.25) is 0 Å². The molecule has 7 heteroatoms. The van der Waals surface area contributed by atoms with Crippen molar-refractivity contribution in [2.24, 2.45) is 0 Å². The number of carbonyl (C=O) groups excluding carboxylic acids is 1. The van der Waals surface area contributed by atoms with Gasteiger partial charge in [0.25, 0.3) is 0 Å². The average Bonchev–Trinajstić information content (AvgIpc) is 3.22. The summed E-state index contributed by atoms with van der Waals surface area (Å²) in [5.74, 6) is 1.77. The highest BCUT2D eigenvalue weighted by Crippen LogP contribution is 2.30. The predicted molar refractivity (Wildman–Crippen MR) is 108 cm³/mol. The van der Waals surface area contributed by atoms with E-state index in [4.69, 9.17) is 4.42 Å². The van der Waals surface area contributed by atoms with Gasteiger partial charge in [-0.05, 0) is 51.8 Å². The van der Waals surface area contributed by atoms with Crippen molar-refractivity contribution in [2.75, 3.05) is 11.1 Å². The minimum Gasteiger partial charge on any atom is -0.469 e. The Hall–Kier alpha value is -2.54. The van der Waals surface area contributed by atoms with Gasteiger partial charge in [0.15, 0.2) is 11.0 Å². The third-order valence-electron chi connectivity index (χ3n) is 4.36. The summed E-state index contributed by atoms with van der Waals surface area (Å²) in [6.45, 7) is 10.0. The van der Waals surface area contributed by atoms with Crippen LogP contribution < -0.4 is 5.32 Å². The summed E-state index contributed by atoms with van der Waals surface area (Å²) in [7, 11) is 0. The number of anilines is 1. The quantitative estimate of drug-likeness (QED) is 0.620. The van der Waals surface area contributed by atoms with Gasteiger partial charge in [0.1, 0.15) is 5.76 Å². The molecule has 0 aliphatic rings. The van der Waals surface area contributed by atoms with Crippen LogP contribution in [0.4, 0.5) is 5.69 Å². The van der Waals surface area contributed by atoms with E-state index in [2.05, 4.69) is 29.4 Å². The van der Waals surface area contributed by atoms with E-state index < -0.39 is 0 Å². The second kappa shape index (κ2) is 8.00. The molecule has 2 aromatic heterocycles. The zero-order chi connectivity index (χ0) is 19.6. The van der Waals surface area contributed by atoms with E-state index in [0.717, 1.165) is 39.1 Å². The molecule has 0 atom stereocenters. The van der Waals surface area contributed by atoms with Crippen LogP contribution in [-0.4, -0.2) is 26.4 Å². The molecule has 3 aromatic rings. The number of furan rings is 1. The summed E-state index contributed by atoms with van der Waals surface area (Å²) in [6.07, 6.45) is 1.65. The summed E-state index contributed by atoms with van der Waals surface area (Å²) in [6, 6.07) is 8.02. The molecule has 0 aliphatic carbocycles. The lowest BCUT2D eigenvalue weighted by Crippen LogP contribution is -2.16. The van der Waals surface area contributed by atoms with Gasteiger partial charge in [-0.3, -0.25) is 9.36 Å². The summed E-state index contributed by atoms with van der Waals surface area (Å²) < 4.78 is 7.43. The van der Waals surface area contributed by atoms with Crippen molar-refractivity contribution in [3.05, 3.63) is 47.4 Å². The molecule has 1 aromatic carbocycles. The standard InChI is InChI=1S/C20H24N4O2S/c1-12(2)24-19(16-9-10-26-15(16)5)22-23-20(24)27-11-17(25)21-18-13(3)7-6-8-14(18)4/h6-10,12H,11H2,1-5H3,(H,21,25). The number of nitrogens with one attached hydrogen (secondary N) is 1. The maximum Gasteiger partial charge on any atom is 0.234 e. The summed E-state index contributed by atoms with van der Waals surface area (Å²) in [4.78, 5) is 12.5. The van der Waals surface area contributed by atoms with Crippen molar-refractivity contribution >= 4 is 23.4 Å². The van der Waals surface area contributed by atoms with E-state index in [0.29, 0.717) is 0 Å². The zero-order valence-electron chi connectivity index (χ0n) is 16.2. The lowest BCUT2D eigenvalue weighted by Gasteiger charge is -2.14. The molecule has 142 valence electrons. The van der Waals surface area contributed by atoms with Crippen molar-refractivity contribution in [3.63, 3.8) is 0 Å². The molecule has 1 amide bonds. The topological polar surface area (TPSA) is 73.0 Å². The number of nitrogens with zero attached hydrogens (tertiary/aromatic N) is 3. The third-order valence-corrected chi connectivity index (χ3v) is 5.30. The van der Waals surface area contributed by atoms with Crippen LogP contribution in [0.1, 0.15) is 36.8 Å². The molecule has 0 unspecified atom stereocenters. The number of hydrogen-bond acceptors (Lipinski definition) is 5. The Morgan fingerprint density at radius 2 is 1.89 bits per heavy atom. The first-order chi connectivity index (χ1) is 12.9. The molecule has 2 heterocycles. The molecule has 0 saturated heterocycles. The minimum absolute atomic E-state index is 0.0586. The largest absolute Gasteiger partial charge is 0.469 e. The van der Waals surface area contributed by atoms with Crippen LogP contribution in [0.15, 0.2) is 40.1 Å². The summed E-state index contributed by atoms with van der Waals surface area (Å²) in [5.41, 5.74) is 3.90. The molecule has 3 rings (SSSR count). The first-order valence-electron chi connectivity index (χ1n) is 8.86. The van der Waals surface area contributed by atoms with Crippen LogP contribution in [-0.2, 0) is 4.79 Å². The Labute approximate surface area is 163 Å². The summed E-state index contributed by atoms with van der Waals surface area (Å²) >= 11 is 1.39. The number of aryl methyl sites for hydroxylation is 3. The maximum atomic E-state index is 12.5. The third kappa shape index (κ3) is 4.08. The number of para-hydroxylation sites is 1. The molecule has 0 saturated carbocycles. The predicted octanol–water partition coefficient (Wildman–Crippen LogP) is 4.78. The van der Waals surface area contributed by atoms with Gasteiger partial charge in [-0.15, -0.1) is 10.2 Å². The molecular weight excluding hydrogens is 360 g/mol. The fourth-order valence-corrected chi connectivity index (χ4v) is 3.83. The number of carbonyl (C=O) groups is 1. The Kier molecular flexibility index (Phi) is 5.70. The van der Waals surface area contributed by atoms with Gasteiger partial charge in [-0.2, -0.15) is 0 Å². The lowest BCUT2D eigenvalue weighted by molar-refractivity contribution is -0.113. The second-order valence-corrected chi connectivity index (χ2v) is 7.71. The number of rotatable bonds is 6. The van der Waals surface area contributed by atoms with Gasteiger partial charge in [-0.25, -0.2) is 0 Å². The number of aromatic nitrogens is 3. The van der Waals surface area contributed by atoms with Crippen molar-refractivity contribution in [1.82, 2.24) is 14.8 Å². The van der Waals surface area contributed by atoms with Crippen molar-refractivity contribution in [3.8, 4) is 11.4 Å². The van der Waals surface area contributed by atoms with Crippen LogP contribution in [0.25, 0.3) is 11.4 Å². The summed E-state index contributed by atoms with van der Waals surface area (Å²) in [5, 5.41) is 12.4. The SMILES string of the molecule is Cc1cccc(C)c1NC(=O)CSc1nnc(-c2ccoc2C)n1C(C)C. The molecule has 1 N–H and O–H groups in total. The van der Waals surface area contributed by atoms with Crippen LogP contribution in [0.3, 0.4) is 0 Å². The monoisotopic (exact) mass is 384 g/mol. The highest BCUT2D eigenvalue weighted by atomic mass is 32.2. The van der Waals surface area contributed by atoms with E-state index >= 15 is 0 Å². The van der Waals surface area contributed by atoms with Gasteiger partial charge < -0.3 is 9.73 Å². The first kappa shape index (κ1) is 19.2. The van der Waals surface area contributed by atoms with Crippen LogP contribution in [0.5, 0.6) is 0 Å². The normalized spacial score (nSPS) is 11.2. The van der Waals surface area contributed by atoms with E-state index in [-0.39, 0.29) is 17.7 Å². The number of amides is 1. The number of hydrogen-bond donors (Lipinski definition) is 1. The lowest BCUT2D eigenvalue weighted by atomic mass is 10.1. The van der Waals surface area contributed by atoms with Crippen molar-refractivity contribution < 1.29 is 9.21 Å². The van der Waals surface area contributed by atoms with E-state index in [9.17, 15) is 4.79 Å². The molecule has 6 nitrogen and oxygen atoms in total. The van der Waals surface area contributed by atoms with E-state index in [1.54, 1.807) is 6.26 Å². The molecule has 0 fully saturated rings. The maximum absolute atomic E-state index is 12.5. The smallest absolute Gasteiger partial charge is 0.234 e. The fourth-order valence-electron chi connectivity index (χ4n) is 2.96. The molecule has 0 bridgehead atoms. The minimum atomic E-state index is -0.0586. The molecule has 0 radical (unpaired) electrons. The van der Waals surface area contributed by atoms with Gasteiger partial charge in [0, 0.05) is 11.7 Å². The molecule has 0 aliphatic heterocycles. The molecule has 0 spiro atoms. The van der Waals surface area contributed by atoms with Gasteiger partial charge in [-0.1, -0.05) is 30.0 Å². The Bertz CT molecular complexity index is 939. The van der Waals surface area contributed by atoms with Crippen molar-refractivity contribution in [1.29, 1.82) is 0 Å².